The fourth-order valence-electron chi connectivity index (χ4n) is 0.749. The van der Waals surface area contributed by atoms with E-state index in [0.29, 0.717) is 0 Å². The van der Waals surface area contributed by atoms with Crippen molar-refractivity contribution in [3.63, 3.8) is 0 Å². The summed E-state index contributed by atoms with van der Waals surface area (Å²) < 4.78 is 5.36. The minimum Gasteiger partial charge on any atom is -0.485 e. The van der Waals surface area contributed by atoms with Crippen LogP contribution in [0.15, 0.2) is 18.2 Å². The molecule has 0 amide bonds. The van der Waals surface area contributed by atoms with Gasteiger partial charge in [-0.15, -0.1) is 0 Å². The molecule has 1 aromatic rings. The number of unbranched alkanes of at least 4 members (excludes halogenated alkanes) is 1. The van der Waals surface area contributed by atoms with Gasteiger partial charge in [0.25, 0.3) is 0 Å². The zero-order valence-electron chi connectivity index (χ0n) is 6.76. The average Bonchev–Trinajstić information content (AvgIpc) is 2.07. The van der Waals surface area contributed by atoms with Gasteiger partial charge in [0.1, 0.15) is 0 Å². The summed E-state index contributed by atoms with van der Waals surface area (Å²) in [5.41, 5.74) is 0. The van der Waals surface area contributed by atoms with Crippen LogP contribution in [0.2, 0.25) is 0 Å². The van der Waals surface area contributed by atoms with Gasteiger partial charge in [0.2, 0.25) is 0 Å². The van der Waals surface area contributed by atoms with Crippen molar-refractivity contribution in [2.45, 2.75) is 19.8 Å². The van der Waals surface area contributed by atoms with Crippen molar-refractivity contribution in [1.82, 2.24) is 0 Å². The van der Waals surface area contributed by atoms with Gasteiger partial charge < -0.3 is 4.74 Å². The van der Waals surface area contributed by atoms with E-state index in [-0.39, 0.29) is 0 Å². The van der Waals surface area contributed by atoms with Crippen LogP contribution in [0, 0.1) is 12.1 Å². The zero-order chi connectivity index (χ0) is 7.94. The van der Waals surface area contributed by atoms with E-state index in [9.17, 15) is 0 Å². The predicted octanol–water partition coefficient (Wildman–Crippen LogP) is 2.47. The maximum Gasteiger partial charge on any atom is 0.170 e. The predicted molar refractivity (Wildman–Crippen MR) is 44.5 cm³/mol. The van der Waals surface area contributed by atoms with Gasteiger partial charge in [0.05, 0.1) is 6.61 Å². The van der Waals surface area contributed by atoms with E-state index >= 15 is 0 Å². The third-order valence-corrected chi connectivity index (χ3v) is 1.38. The molecule has 1 heteroatoms. The van der Waals surface area contributed by atoms with Gasteiger partial charge in [-0.3, -0.25) is 0 Å². The molecule has 0 radical (unpaired) electrons. The normalized spacial score (nSPS) is 8.82. The van der Waals surface area contributed by atoms with Crippen LogP contribution in [-0.2, 0) is 0 Å². The highest BCUT2D eigenvalue weighted by molar-refractivity contribution is 5.13. The standard InChI is InChI=1S/C10H12O/c1-2-3-9-11-10-7-5-4-6-8-10/h4-5,7H,2-3,9H2,1H3. The lowest BCUT2D eigenvalue weighted by molar-refractivity contribution is 0.309. The smallest absolute Gasteiger partial charge is 0.170 e. The lowest BCUT2D eigenvalue weighted by Gasteiger charge is -2.00. The Balaban J connectivity index is 2.28. The van der Waals surface area contributed by atoms with Crippen LogP contribution in [0.25, 0.3) is 0 Å². The average molecular weight is 148 g/mol. The van der Waals surface area contributed by atoms with Crippen LogP contribution in [0.1, 0.15) is 19.8 Å². The summed E-state index contributed by atoms with van der Waals surface area (Å²) in [5, 5.41) is 0. The molecule has 1 rings (SSSR count). The SMILES string of the molecule is CCCCOc1c#cccc1. The Morgan fingerprint density at radius 2 is 2.45 bits per heavy atom. The highest BCUT2D eigenvalue weighted by Gasteiger charge is 1.87. The van der Waals surface area contributed by atoms with Gasteiger partial charge in [-0.2, -0.15) is 0 Å². The first-order chi connectivity index (χ1) is 5.43. The Morgan fingerprint density at radius 1 is 1.55 bits per heavy atom. The number of hydrogen-bond acceptors (Lipinski definition) is 1. The molecule has 0 aromatic heterocycles. The largest absolute Gasteiger partial charge is 0.485 e. The molecule has 11 heavy (non-hydrogen) atoms. The lowest BCUT2D eigenvalue weighted by atomic mass is 10.3. The van der Waals surface area contributed by atoms with E-state index in [1.165, 1.54) is 0 Å². The molecule has 0 atom stereocenters. The highest BCUT2D eigenvalue weighted by atomic mass is 16.5. The maximum absolute atomic E-state index is 5.36. The molecule has 0 aliphatic rings. The van der Waals surface area contributed by atoms with Gasteiger partial charge in [0.15, 0.2) is 5.75 Å². The first-order valence-corrected chi connectivity index (χ1v) is 3.94. The molecule has 58 valence electrons. The second kappa shape index (κ2) is 4.62. The Hall–Kier alpha value is -1.16. The molecular formula is C10H12O. The van der Waals surface area contributed by atoms with Crippen LogP contribution in [0.5, 0.6) is 5.75 Å². The Bertz CT molecular complexity index is 181. The molecule has 0 fully saturated rings. The number of ether oxygens (including phenoxy) is 1. The molecule has 1 aromatic carbocycles. The summed E-state index contributed by atoms with van der Waals surface area (Å²) in [6.07, 6.45) is 2.26. The van der Waals surface area contributed by atoms with Crippen LogP contribution in [0.4, 0.5) is 0 Å². The molecule has 1 nitrogen and oxygen atoms in total. The highest BCUT2D eigenvalue weighted by Crippen LogP contribution is 2.04. The van der Waals surface area contributed by atoms with Crippen LogP contribution in [-0.4, -0.2) is 6.61 Å². The van der Waals surface area contributed by atoms with Crippen LogP contribution in [0.3, 0.4) is 0 Å². The fourth-order valence-corrected chi connectivity index (χ4v) is 0.749. The molecule has 0 aliphatic carbocycles. The van der Waals surface area contributed by atoms with Gasteiger partial charge in [-0.25, -0.2) is 0 Å². The van der Waals surface area contributed by atoms with E-state index in [1.54, 1.807) is 0 Å². The van der Waals surface area contributed by atoms with Crippen molar-refractivity contribution in [3.05, 3.63) is 30.3 Å². The minimum absolute atomic E-state index is 0.783. The summed E-state index contributed by atoms with van der Waals surface area (Å²) in [4.78, 5) is 0. The Kier molecular flexibility index (Phi) is 3.34. The summed E-state index contributed by atoms with van der Waals surface area (Å²) in [7, 11) is 0. The van der Waals surface area contributed by atoms with E-state index in [1.807, 2.05) is 18.2 Å². The molecule has 0 bridgehead atoms. The topological polar surface area (TPSA) is 9.23 Å². The second-order valence-corrected chi connectivity index (χ2v) is 2.36. The second-order valence-electron chi connectivity index (χ2n) is 2.36. The van der Waals surface area contributed by atoms with Crippen LogP contribution >= 0.6 is 0 Å². The number of hydrogen-bond donors (Lipinski definition) is 0. The van der Waals surface area contributed by atoms with Crippen molar-refractivity contribution in [2.75, 3.05) is 6.61 Å². The molecule has 0 unspecified atom stereocenters. The molecule has 0 heterocycles. The molecule has 0 saturated heterocycles. The summed E-state index contributed by atoms with van der Waals surface area (Å²) in [6.45, 7) is 2.93. The Labute approximate surface area is 68.0 Å². The van der Waals surface area contributed by atoms with E-state index < -0.39 is 0 Å². The zero-order valence-corrected chi connectivity index (χ0v) is 6.76. The third kappa shape index (κ3) is 2.95. The first-order valence-electron chi connectivity index (χ1n) is 3.94. The van der Waals surface area contributed by atoms with Gasteiger partial charge >= 0.3 is 0 Å². The van der Waals surface area contributed by atoms with Gasteiger partial charge in [-0.05, 0) is 30.7 Å². The van der Waals surface area contributed by atoms with Crippen molar-refractivity contribution in [2.24, 2.45) is 0 Å². The molecule has 0 aliphatic heterocycles. The van der Waals surface area contributed by atoms with E-state index in [2.05, 4.69) is 19.1 Å². The fraction of sp³-hybridized carbons (Fsp3) is 0.400. The number of rotatable bonds is 4. The van der Waals surface area contributed by atoms with E-state index in [4.69, 9.17) is 4.74 Å². The van der Waals surface area contributed by atoms with Crippen molar-refractivity contribution in [1.29, 1.82) is 0 Å². The monoisotopic (exact) mass is 148 g/mol. The molecule has 0 spiro atoms. The van der Waals surface area contributed by atoms with Gasteiger partial charge in [-0.1, -0.05) is 19.4 Å². The Morgan fingerprint density at radius 3 is 3.09 bits per heavy atom. The van der Waals surface area contributed by atoms with Crippen molar-refractivity contribution < 1.29 is 4.74 Å². The van der Waals surface area contributed by atoms with Gasteiger partial charge in [0, 0.05) is 0 Å². The molecule has 0 N–H and O–H groups in total. The third-order valence-electron chi connectivity index (χ3n) is 1.38. The van der Waals surface area contributed by atoms with E-state index in [0.717, 1.165) is 25.2 Å². The van der Waals surface area contributed by atoms with Crippen molar-refractivity contribution in [3.8, 4) is 5.75 Å². The first kappa shape index (κ1) is 7.94. The lowest BCUT2D eigenvalue weighted by Crippen LogP contribution is -1.94. The minimum atomic E-state index is 0.783. The summed E-state index contributed by atoms with van der Waals surface area (Å²) in [6, 6.07) is 11.3. The maximum atomic E-state index is 5.36. The molecule has 0 saturated carbocycles. The summed E-state index contributed by atoms with van der Waals surface area (Å²) in [5.74, 6) is 0.793. The van der Waals surface area contributed by atoms with Crippen molar-refractivity contribution >= 4 is 0 Å². The summed E-state index contributed by atoms with van der Waals surface area (Å²) >= 11 is 0. The van der Waals surface area contributed by atoms with Crippen LogP contribution < -0.4 is 4.74 Å². The quantitative estimate of drug-likeness (QED) is 0.596. The molecular weight excluding hydrogens is 136 g/mol.